The van der Waals surface area contributed by atoms with Gasteiger partial charge in [0, 0.05) is 12.1 Å². The molecule has 0 amide bonds. The minimum Gasteiger partial charge on any atom is -0.390 e. The molecule has 0 spiro atoms. The minimum absolute atomic E-state index is 0.0457. The van der Waals surface area contributed by atoms with Crippen molar-refractivity contribution in [3.05, 3.63) is 57.7 Å². The Morgan fingerprint density at radius 2 is 1.96 bits per heavy atom. The zero-order valence-corrected chi connectivity index (χ0v) is 15.2. The van der Waals surface area contributed by atoms with Crippen molar-refractivity contribution in [2.45, 2.75) is 45.5 Å². The molecule has 142 valence electrons. The number of nitro benzene ring substituents is 1. The summed E-state index contributed by atoms with van der Waals surface area (Å²) >= 11 is 0. The zero-order valence-electron chi connectivity index (χ0n) is 15.2. The third-order valence-electron chi connectivity index (χ3n) is 4.54. The molecule has 7 heteroatoms. The van der Waals surface area contributed by atoms with Gasteiger partial charge in [-0.15, -0.1) is 0 Å². The van der Waals surface area contributed by atoms with E-state index in [2.05, 4.69) is 0 Å². The average molecular weight is 363 g/mol. The van der Waals surface area contributed by atoms with Crippen molar-refractivity contribution in [3.63, 3.8) is 0 Å². The van der Waals surface area contributed by atoms with Crippen LogP contribution in [0.15, 0.2) is 42.0 Å². The summed E-state index contributed by atoms with van der Waals surface area (Å²) in [6.07, 6.45) is 3.48. The first-order valence-corrected chi connectivity index (χ1v) is 8.44. The predicted molar refractivity (Wildman–Crippen MR) is 97.1 cm³/mol. The van der Waals surface area contributed by atoms with Crippen molar-refractivity contribution in [1.29, 1.82) is 0 Å². The number of hydrogen-bond acceptors (Lipinski definition) is 6. The van der Waals surface area contributed by atoms with E-state index in [1.165, 1.54) is 12.1 Å². The normalized spacial score (nSPS) is 25.7. The van der Waals surface area contributed by atoms with Crippen LogP contribution in [0.3, 0.4) is 0 Å². The van der Waals surface area contributed by atoms with Gasteiger partial charge in [-0.25, -0.2) is 9.78 Å². The summed E-state index contributed by atoms with van der Waals surface area (Å²) in [5.74, 6) is 0. The molecule has 7 nitrogen and oxygen atoms in total. The maximum atomic E-state index is 10.6. The number of nitro groups is 1. The molecule has 2 N–H and O–H groups in total. The van der Waals surface area contributed by atoms with Gasteiger partial charge in [-0.3, -0.25) is 10.1 Å². The average Bonchev–Trinajstić information content (AvgIpc) is 2.65. The molecule has 26 heavy (non-hydrogen) atoms. The quantitative estimate of drug-likeness (QED) is 0.265. The lowest BCUT2D eigenvalue weighted by Gasteiger charge is -2.32. The SMILES string of the molecule is CC1=CC(O)C(O)C(C)(C)CC1OOC/C=C/c1ccc([N+](=O)[O-])cc1. The van der Waals surface area contributed by atoms with E-state index in [1.54, 1.807) is 30.4 Å². The third kappa shape index (κ3) is 5.22. The van der Waals surface area contributed by atoms with E-state index in [0.717, 1.165) is 11.1 Å². The summed E-state index contributed by atoms with van der Waals surface area (Å²) in [7, 11) is 0. The first kappa shape index (κ1) is 20.3. The fraction of sp³-hybridized carbons (Fsp3) is 0.474. The summed E-state index contributed by atoms with van der Waals surface area (Å²) in [5.41, 5.74) is 1.15. The number of nitrogens with zero attached hydrogens (tertiary/aromatic N) is 1. The minimum atomic E-state index is -0.930. The van der Waals surface area contributed by atoms with Crippen LogP contribution >= 0.6 is 0 Å². The summed E-state index contributed by atoms with van der Waals surface area (Å²) < 4.78 is 0. The van der Waals surface area contributed by atoms with E-state index in [1.807, 2.05) is 20.8 Å². The monoisotopic (exact) mass is 363 g/mol. The second kappa shape index (κ2) is 8.55. The largest absolute Gasteiger partial charge is 0.390 e. The van der Waals surface area contributed by atoms with Crippen LogP contribution in [0, 0.1) is 15.5 Å². The van der Waals surface area contributed by atoms with E-state index in [0.29, 0.717) is 6.42 Å². The van der Waals surface area contributed by atoms with Gasteiger partial charge in [0.25, 0.3) is 5.69 Å². The molecule has 0 saturated carbocycles. The number of aliphatic hydroxyl groups excluding tert-OH is 2. The Morgan fingerprint density at radius 1 is 1.31 bits per heavy atom. The molecule has 2 rings (SSSR count). The van der Waals surface area contributed by atoms with Crippen LogP contribution in [0.25, 0.3) is 6.08 Å². The first-order chi connectivity index (χ1) is 12.2. The highest BCUT2D eigenvalue weighted by Crippen LogP contribution is 2.35. The van der Waals surface area contributed by atoms with Crippen molar-refractivity contribution in [2.75, 3.05) is 6.61 Å². The summed E-state index contributed by atoms with van der Waals surface area (Å²) in [6.45, 7) is 5.78. The second-order valence-corrected chi connectivity index (χ2v) is 7.16. The molecule has 1 aliphatic rings. The summed E-state index contributed by atoms with van der Waals surface area (Å²) in [5, 5.41) is 30.8. The maximum absolute atomic E-state index is 10.6. The lowest BCUT2D eigenvalue weighted by molar-refractivity contribution is -0.384. The molecule has 1 aromatic rings. The molecule has 0 bridgehead atoms. The Hall–Kier alpha value is -2.06. The van der Waals surface area contributed by atoms with Crippen LogP contribution in [-0.2, 0) is 9.78 Å². The number of non-ortho nitro benzene ring substituents is 1. The third-order valence-corrected chi connectivity index (χ3v) is 4.54. The van der Waals surface area contributed by atoms with Crippen LogP contribution in [0.1, 0.15) is 32.8 Å². The molecule has 0 aliphatic heterocycles. The Balaban J connectivity index is 1.86. The van der Waals surface area contributed by atoms with Crippen LogP contribution in [0.4, 0.5) is 5.69 Å². The topological polar surface area (TPSA) is 102 Å². The van der Waals surface area contributed by atoms with E-state index < -0.39 is 22.5 Å². The van der Waals surface area contributed by atoms with Gasteiger partial charge in [0.2, 0.25) is 0 Å². The van der Waals surface area contributed by atoms with Gasteiger partial charge in [0.15, 0.2) is 0 Å². The zero-order chi connectivity index (χ0) is 19.3. The van der Waals surface area contributed by atoms with Gasteiger partial charge in [-0.1, -0.05) is 32.1 Å². The van der Waals surface area contributed by atoms with Gasteiger partial charge in [0.1, 0.15) is 12.7 Å². The van der Waals surface area contributed by atoms with E-state index >= 15 is 0 Å². The predicted octanol–water partition coefficient (Wildman–Crippen LogP) is 3.02. The van der Waals surface area contributed by atoms with Crippen molar-refractivity contribution in [2.24, 2.45) is 5.41 Å². The standard InChI is InChI=1S/C19H25NO6/c1-13-11-16(21)18(22)19(2,3)12-17(13)26-25-10-4-5-14-6-8-15(9-7-14)20(23)24/h4-9,11,16-18,21-22H,10,12H2,1-3H3/b5-4+. The molecule has 1 aliphatic carbocycles. The molecule has 0 aromatic heterocycles. The van der Waals surface area contributed by atoms with Crippen LogP contribution in [0.2, 0.25) is 0 Å². The fourth-order valence-electron chi connectivity index (χ4n) is 2.85. The van der Waals surface area contributed by atoms with Crippen LogP contribution in [-0.4, -0.2) is 40.1 Å². The molecular weight excluding hydrogens is 338 g/mol. The Morgan fingerprint density at radius 3 is 2.58 bits per heavy atom. The van der Waals surface area contributed by atoms with Crippen molar-refractivity contribution in [3.8, 4) is 0 Å². The van der Waals surface area contributed by atoms with Gasteiger partial charge in [0.05, 0.1) is 17.1 Å². The molecule has 0 fully saturated rings. The van der Waals surface area contributed by atoms with Gasteiger partial charge < -0.3 is 10.2 Å². The molecule has 1 aromatic carbocycles. The Labute approximate surface area is 152 Å². The molecule has 0 heterocycles. The number of rotatable bonds is 6. The highest BCUT2D eigenvalue weighted by atomic mass is 17.2. The molecule has 3 unspecified atom stereocenters. The lowest BCUT2D eigenvalue weighted by Crippen LogP contribution is -2.38. The Bertz CT molecular complexity index is 680. The smallest absolute Gasteiger partial charge is 0.269 e. The first-order valence-electron chi connectivity index (χ1n) is 8.44. The maximum Gasteiger partial charge on any atom is 0.269 e. The van der Waals surface area contributed by atoms with Crippen molar-refractivity contribution >= 4 is 11.8 Å². The van der Waals surface area contributed by atoms with Gasteiger partial charge in [-0.05, 0) is 42.0 Å². The fourth-order valence-corrected chi connectivity index (χ4v) is 2.85. The van der Waals surface area contributed by atoms with Crippen LogP contribution in [0.5, 0.6) is 0 Å². The highest BCUT2D eigenvalue weighted by Gasteiger charge is 2.38. The molecule has 3 atom stereocenters. The van der Waals surface area contributed by atoms with E-state index in [-0.39, 0.29) is 18.4 Å². The Kier molecular flexibility index (Phi) is 6.66. The summed E-state index contributed by atoms with van der Waals surface area (Å²) in [4.78, 5) is 20.9. The van der Waals surface area contributed by atoms with Crippen molar-refractivity contribution in [1.82, 2.24) is 0 Å². The number of benzene rings is 1. The second-order valence-electron chi connectivity index (χ2n) is 7.16. The van der Waals surface area contributed by atoms with Gasteiger partial charge >= 0.3 is 0 Å². The summed E-state index contributed by atoms with van der Waals surface area (Å²) in [6, 6.07) is 6.18. The number of aliphatic hydroxyl groups is 2. The lowest BCUT2D eigenvalue weighted by atomic mass is 9.80. The van der Waals surface area contributed by atoms with Crippen LogP contribution < -0.4 is 0 Å². The molecule has 0 radical (unpaired) electrons. The molecule has 0 saturated heterocycles. The van der Waals surface area contributed by atoms with Crippen molar-refractivity contribution < 1.29 is 24.9 Å². The molecular formula is C19H25NO6. The number of hydrogen-bond donors (Lipinski definition) is 2. The van der Waals surface area contributed by atoms with E-state index in [4.69, 9.17) is 9.78 Å². The van der Waals surface area contributed by atoms with Gasteiger partial charge in [-0.2, -0.15) is 0 Å². The van der Waals surface area contributed by atoms with E-state index in [9.17, 15) is 20.3 Å². The highest BCUT2D eigenvalue weighted by molar-refractivity contribution is 5.51.